The van der Waals surface area contributed by atoms with E-state index in [0.29, 0.717) is 12.5 Å². The molecule has 4 heteroatoms. The SMILES string of the molecule is CC(C)CO[C@@H](C)C(=O)Nc1ccccc1N1CCCC1. The number of rotatable bonds is 6. The van der Waals surface area contributed by atoms with E-state index in [0.717, 1.165) is 24.5 Å². The van der Waals surface area contributed by atoms with Crippen molar-refractivity contribution in [3.63, 3.8) is 0 Å². The molecule has 1 heterocycles. The van der Waals surface area contributed by atoms with Crippen LogP contribution in [0.4, 0.5) is 11.4 Å². The van der Waals surface area contributed by atoms with E-state index in [2.05, 4.69) is 30.1 Å². The number of benzene rings is 1. The number of hydrogen-bond acceptors (Lipinski definition) is 3. The molecule has 1 aromatic rings. The summed E-state index contributed by atoms with van der Waals surface area (Å²) in [6, 6.07) is 8.00. The Balaban J connectivity index is 2.00. The molecule has 1 amide bonds. The molecule has 1 aliphatic heterocycles. The monoisotopic (exact) mass is 290 g/mol. The molecule has 21 heavy (non-hydrogen) atoms. The molecule has 0 spiro atoms. The van der Waals surface area contributed by atoms with E-state index in [1.165, 1.54) is 12.8 Å². The van der Waals surface area contributed by atoms with Crippen LogP contribution < -0.4 is 10.2 Å². The minimum atomic E-state index is -0.431. The highest BCUT2D eigenvalue weighted by Crippen LogP contribution is 2.28. The van der Waals surface area contributed by atoms with Gasteiger partial charge in [0.1, 0.15) is 6.10 Å². The predicted octanol–water partition coefficient (Wildman–Crippen LogP) is 3.29. The number of carbonyl (C=O) groups excluding carboxylic acids is 1. The molecule has 0 unspecified atom stereocenters. The lowest BCUT2D eigenvalue weighted by molar-refractivity contribution is -0.126. The van der Waals surface area contributed by atoms with Crippen LogP contribution in [0.2, 0.25) is 0 Å². The molecule has 116 valence electrons. The van der Waals surface area contributed by atoms with Crippen LogP contribution in [-0.2, 0) is 9.53 Å². The van der Waals surface area contributed by atoms with E-state index in [4.69, 9.17) is 4.74 Å². The van der Waals surface area contributed by atoms with Crippen LogP contribution in [0, 0.1) is 5.92 Å². The van der Waals surface area contributed by atoms with Crippen molar-refractivity contribution < 1.29 is 9.53 Å². The van der Waals surface area contributed by atoms with Crippen molar-refractivity contribution >= 4 is 17.3 Å². The summed E-state index contributed by atoms with van der Waals surface area (Å²) < 4.78 is 5.58. The molecule has 1 saturated heterocycles. The van der Waals surface area contributed by atoms with Crippen LogP contribution in [-0.4, -0.2) is 31.7 Å². The van der Waals surface area contributed by atoms with E-state index in [1.54, 1.807) is 6.92 Å². The van der Waals surface area contributed by atoms with Crippen molar-refractivity contribution in [2.75, 3.05) is 29.9 Å². The Kier molecular flexibility index (Phi) is 5.62. The number of carbonyl (C=O) groups is 1. The van der Waals surface area contributed by atoms with Crippen LogP contribution in [0.25, 0.3) is 0 Å². The van der Waals surface area contributed by atoms with Crippen molar-refractivity contribution in [2.45, 2.75) is 39.7 Å². The molecule has 1 N–H and O–H groups in total. The van der Waals surface area contributed by atoms with Gasteiger partial charge in [-0.25, -0.2) is 0 Å². The maximum Gasteiger partial charge on any atom is 0.253 e. The van der Waals surface area contributed by atoms with Gasteiger partial charge in [-0.1, -0.05) is 26.0 Å². The Morgan fingerprint density at radius 3 is 2.57 bits per heavy atom. The summed E-state index contributed by atoms with van der Waals surface area (Å²) in [5.41, 5.74) is 1.99. The molecule has 1 fully saturated rings. The zero-order valence-electron chi connectivity index (χ0n) is 13.3. The quantitative estimate of drug-likeness (QED) is 0.874. The summed E-state index contributed by atoms with van der Waals surface area (Å²) in [6.07, 6.45) is 2.01. The predicted molar refractivity (Wildman–Crippen MR) is 86.8 cm³/mol. The lowest BCUT2D eigenvalue weighted by Crippen LogP contribution is -2.30. The Morgan fingerprint density at radius 2 is 1.90 bits per heavy atom. The largest absolute Gasteiger partial charge is 0.370 e. The number of nitrogens with zero attached hydrogens (tertiary/aromatic N) is 1. The van der Waals surface area contributed by atoms with Crippen molar-refractivity contribution in [1.29, 1.82) is 0 Å². The highest BCUT2D eigenvalue weighted by molar-refractivity contribution is 5.97. The fourth-order valence-electron chi connectivity index (χ4n) is 2.46. The smallest absolute Gasteiger partial charge is 0.253 e. The summed E-state index contributed by atoms with van der Waals surface area (Å²) in [6.45, 7) is 8.68. The summed E-state index contributed by atoms with van der Waals surface area (Å²) in [4.78, 5) is 14.6. The molecule has 1 atom stereocenters. The average molecular weight is 290 g/mol. The number of ether oxygens (including phenoxy) is 1. The first-order valence-electron chi connectivity index (χ1n) is 7.84. The Hall–Kier alpha value is -1.55. The van der Waals surface area contributed by atoms with Gasteiger partial charge < -0.3 is 15.0 Å². The summed E-state index contributed by atoms with van der Waals surface area (Å²) in [5, 5.41) is 3.01. The maximum absolute atomic E-state index is 12.2. The van der Waals surface area contributed by atoms with Crippen molar-refractivity contribution in [2.24, 2.45) is 5.92 Å². The van der Waals surface area contributed by atoms with Gasteiger partial charge in [0.15, 0.2) is 0 Å². The lowest BCUT2D eigenvalue weighted by Gasteiger charge is -2.22. The van der Waals surface area contributed by atoms with E-state index in [-0.39, 0.29) is 5.91 Å². The van der Waals surface area contributed by atoms with Gasteiger partial charge in [-0.3, -0.25) is 4.79 Å². The van der Waals surface area contributed by atoms with E-state index >= 15 is 0 Å². The minimum Gasteiger partial charge on any atom is -0.370 e. The molecule has 0 bridgehead atoms. The molecule has 0 aliphatic carbocycles. The number of hydrogen-bond donors (Lipinski definition) is 1. The van der Waals surface area contributed by atoms with E-state index < -0.39 is 6.10 Å². The Bertz CT molecular complexity index is 468. The molecule has 1 aliphatic rings. The molecular weight excluding hydrogens is 264 g/mol. The van der Waals surface area contributed by atoms with E-state index in [1.807, 2.05) is 18.2 Å². The zero-order valence-corrected chi connectivity index (χ0v) is 13.3. The van der Waals surface area contributed by atoms with Gasteiger partial charge in [0, 0.05) is 19.7 Å². The number of nitrogens with one attached hydrogen (secondary N) is 1. The second-order valence-corrected chi connectivity index (χ2v) is 6.07. The van der Waals surface area contributed by atoms with Crippen molar-refractivity contribution in [3.05, 3.63) is 24.3 Å². The van der Waals surface area contributed by atoms with Crippen LogP contribution in [0.1, 0.15) is 33.6 Å². The topological polar surface area (TPSA) is 41.6 Å². The number of para-hydroxylation sites is 2. The normalized spacial score (nSPS) is 16.3. The first-order chi connectivity index (χ1) is 10.1. The first-order valence-corrected chi connectivity index (χ1v) is 7.84. The van der Waals surface area contributed by atoms with Crippen LogP contribution in [0.5, 0.6) is 0 Å². The first kappa shape index (κ1) is 15.8. The Morgan fingerprint density at radius 1 is 1.24 bits per heavy atom. The van der Waals surface area contributed by atoms with Crippen molar-refractivity contribution in [3.8, 4) is 0 Å². The van der Waals surface area contributed by atoms with Gasteiger partial charge in [0.05, 0.1) is 11.4 Å². The molecular formula is C17H26N2O2. The highest BCUT2D eigenvalue weighted by Gasteiger charge is 2.19. The summed E-state index contributed by atoms with van der Waals surface area (Å²) >= 11 is 0. The summed E-state index contributed by atoms with van der Waals surface area (Å²) in [5.74, 6) is 0.347. The molecule has 0 saturated carbocycles. The zero-order chi connectivity index (χ0) is 15.2. The number of amides is 1. The van der Waals surface area contributed by atoms with Crippen LogP contribution >= 0.6 is 0 Å². The molecule has 2 rings (SSSR count). The molecule has 1 aromatic carbocycles. The maximum atomic E-state index is 12.2. The second kappa shape index (κ2) is 7.46. The molecule has 0 aromatic heterocycles. The van der Waals surface area contributed by atoms with Crippen molar-refractivity contribution in [1.82, 2.24) is 0 Å². The number of anilines is 2. The van der Waals surface area contributed by atoms with Gasteiger partial charge in [-0.05, 0) is 37.8 Å². The van der Waals surface area contributed by atoms with E-state index in [9.17, 15) is 4.79 Å². The standard InChI is InChI=1S/C17H26N2O2/c1-13(2)12-21-14(3)17(20)18-15-8-4-5-9-16(15)19-10-6-7-11-19/h4-5,8-9,13-14H,6-7,10-12H2,1-3H3,(H,18,20)/t14-/m0/s1. The minimum absolute atomic E-state index is 0.0812. The van der Waals surface area contributed by atoms with Gasteiger partial charge in [0.25, 0.3) is 5.91 Å². The lowest BCUT2D eigenvalue weighted by atomic mass is 10.2. The summed E-state index contributed by atoms with van der Waals surface area (Å²) in [7, 11) is 0. The average Bonchev–Trinajstić information content (AvgIpc) is 2.99. The fourth-order valence-corrected chi connectivity index (χ4v) is 2.46. The van der Waals surface area contributed by atoms with Gasteiger partial charge >= 0.3 is 0 Å². The van der Waals surface area contributed by atoms with Gasteiger partial charge in [-0.2, -0.15) is 0 Å². The van der Waals surface area contributed by atoms with Gasteiger partial charge in [0.2, 0.25) is 0 Å². The fraction of sp³-hybridized carbons (Fsp3) is 0.588. The van der Waals surface area contributed by atoms with Gasteiger partial charge in [-0.15, -0.1) is 0 Å². The third kappa shape index (κ3) is 4.46. The highest BCUT2D eigenvalue weighted by atomic mass is 16.5. The molecule has 0 radical (unpaired) electrons. The third-order valence-corrected chi connectivity index (χ3v) is 3.66. The van der Waals surface area contributed by atoms with Crippen LogP contribution in [0.15, 0.2) is 24.3 Å². The van der Waals surface area contributed by atoms with Crippen LogP contribution in [0.3, 0.4) is 0 Å². The molecule has 4 nitrogen and oxygen atoms in total. The Labute approximate surface area is 127 Å². The third-order valence-electron chi connectivity index (χ3n) is 3.66. The second-order valence-electron chi connectivity index (χ2n) is 6.07.